The van der Waals surface area contributed by atoms with Crippen LogP contribution in [0.15, 0.2) is 0 Å². The zero-order valence-electron chi connectivity index (χ0n) is 10.8. The van der Waals surface area contributed by atoms with E-state index in [2.05, 4.69) is 41.4 Å². The zero-order chi connectivity index (χ0) is 12.8. The van der Waals surface area contributed by atoms with Crippen molar-refractivity contribution in [1.82, 2.24) is 25.1 Å². The summed E-state index contributed by atoms with van der Waals surface area (Å²) < 4.78 is 7.70. The van der Waals surface area contributed by atoms with E-state index in [0.29, 0.717) is 12.5 Å². The first kappa shape index (κ1) is 12.0. The molecule has 2 aromatic rings. The Labute approximate surface area is 109 Å². The summed E-state index contributed by atoms with van der Waals surface area (Å²) in [7, 11) is 0. The maximum Gasteiger partial charge on any atom is 0.234 e. The van der Waals surface area contributed by atoms with Crippen molar-refractivity contribution in [1.29, 1.82) is 0 Å². The minimum Gasteiger partial charge on any atom is -0.365 e. The average molecular weight is 267 g/mol. The summed E-state index contributed by atoms with van der Waals surface area (Å²) in [5, 5.41) is 17.0. The fourth-order valence-corrected chi connectivity index (χ4v) is 2.66. The van der Waals surface area contributed by atoms with Crippen molar-refractivity contribution in [2.24, 2.45) is 0 Å². The minimum atomic E-state index is -0.0348. The maximum atomic E-state index is 5.87. The van der Waals surface area contributed by atoms with Gasteiger partial charge in [-0.05, 0) is 6.92 Å². The smallest absolute Gasteiger partial charge is 0.234 e. The maximum absolute atomic E-state index is 5.87. The van der Waals surface area contributed by atoms with E-state index in [1.54, 1.807) is 11.3 Å². The van der Waals surface area contributed by atoms with Crippen molar-refractivity contribution in [2.75, 3.05) is 13.1 Å². The van der Waals surface area contributed by atoms with Crippen LogP contribution in [-0.2, 0) is 11.3 Å². The van der Waals surface area contributed by atoms with Crippen LogP contribution in [-0.4, -0.2) is 38.5 Å². The van der Waals surface area contributed by atoms with Crippen LogP contribution in [0.1, 0.15) is 37.5 Å². The van der Waals surface area contributed by atoms with Crippen LogP contribution in [0, 0.1) is 0 Å². The normalized spacial score (nSPS) is 18.4. The van der Waals surface area contributed by atoms with Crippen molar-refractivity contribution >= 4 is 16.3 Å². The summed E-state index contributed by atoms with van der Waals surface area (Å²) in [6, 6.07) is 0. The lowest BCUT2D eigenvalue weighted by Crippen LogP contribution is -2.58. The van der Waals surface area contributed by atoms with Crippen LogP contribution in [0.5, 0.6) is 0 Å². The molecule has 0 bridgehead atoms. The molecular formula is C11H17N5OS. The lowest BCUT2D eigenvalue weighted by atomic mass is 10.0. The largest absolute Gasteiger partial charge is 0.365 e. The Morgan fingerprint density at radius 2 is 2.22 bits per heavy atom. The van der Waals surface area contributed by atoms with E-state index in [1.807, 2.05) is 4.52 Å². The number of hydrogen-bond acceptors (Lipinski definition) is 6. The van der Waals surface area contributed by atoms with Gasteiger partial charge in [-0.1, -0.05) is 25.2 Å². The second-order valence-electron chi connectivity index (χ2n) is 5.25. The summed E-state index contributed by atoms with van der Waals surface area (Å²) in [6.45, 7) is 8.66. The molecular weight excluding hydrogens is 250 g/mol. The van der Waals surface area contributed by atoms with Crippen LogP contribution in [0.3, 0.4) is 0 Å². The Morgan fingerprint density at radius 3 is 2.83 bits per heavy atom. The first-order valence-electron chi connectivity index (χ1n) is 6.13. The van der Waals surface area contributed by atoms with Crippen molar-refractivity contribution in [3.8, 4) is 0 Å². The van der Waals surface area contributed by atoms with Gasteiger partial charge in [0.05, 0.1) is 5.60 Å². The average Bonchev–Trinajstić information content (AvgIpc) is 2.81. The van der Waals surface area contributed by atoms with Gasteiger partial charge in [0.2, 0.25) is 4.96 Å². The van der Waals surface area contributed by atoms with Crippen LogP contribution in [0.2, 0.25) is 0 Å². The number of nitrogens with one attached hydrogen (secondary N) is 1. The van der Waals surface area contributed by atoms with Crippen molar-refractivity contribution in [3.63, 3.8) is 0 Å². The monoisotopic (exact) mass is 267 g/mol. The lowest BCUT2D eigenvalue weighted by molar-refractivity contribution is -0.0769. The van der Waals surface area contributed by atoms with E-state index in [4.69, 9.17) is 4.74 Å². The molecule has 3 heterocycles. The molecule has 3 rings (SSSR count). The SMILES string of the molecule is CC(C)c1nnc2sc(COC3(C)CNC3)nn12. The van der Waals surface area contributed by atoms with Gasteiger partial charge in [-0.15, -0.1) is 10.2 Å². The Kier molecular flexibility index (Phi) is 2.84. The first-order chi connectivity index (χ1) is 8.57. The van der Waals surface area contributed by atoms with Crippen molar-refractivity contribution < 1.29 is 4.74 Å². The van der Waals surface area contributed by atoms with E-state index in [1.165, 1.54) is 0 Å². The van der Waals surface area contributed by atoms with Gasteiger partial charge >= 0.3 is 0 Å². The molecule has 0 spiro atoms. The fourth-order valence-electron chi connectivity index (χ4n) is 1.91. The highest BCUT2D eigenvalue weighted by Crippen LogP contribution is 2.22. The van der Waals surface area contributed by atoms with E-state index in [-0.39, 0.29) is 5.60 Å². The molecule has 6 nitrogen and oxygen atoms in total. The third kappa shape index (κ3) is 2.02. The van der Waals surface area contributed by atoms with Gasteiger partial charge in [0.25, 0.3) is 0 Å². The molecule has 0 radical (unpaired) electrons. The molecule has 1 fully saturated rings. The molecule has 1 aliphatic rings. The molecule has 0 amide bonds. The van der Waals surface area contributed by atoms with Gasteiger partial charge < -0.3 is 10.1 Å². The molecule has 0 unspecified atom stereocenters. The van der Waals surface area contributed by atoms with E-state index >= 15 is 0 Å². The molecule has 18 heavy (non-hydrogen) atoms. The van der Waals surface area contributed by atoms with Crippen molar-refractivity contribution in [2.45, 2.75) is 38.9 Å². The molecule has 1 saturated heterocycles. The Bertz CT molecular complexity index is 557. The molecule has 0 atom stereocenters. The van der Waals surface area contributed by atoms with Crippen molar-refractivity contribution in [3.05, 3.63) is 10.8 Å². The molecule has 1 N–H and O–H groups in total. The molecule has 0 saturated carbocycles. The molecule has 1 aliphatic heterocycles. The Hall–Kier alpha value is -1.05. The van der Waals surface area contributed by atoms with Gasteiger partial charge in [-0.2, -0.15) is 9.61 Å². The van der Waals surface area contributed by atoms with Gasteiger partial charge in [0, 0.05) is 19.0 Å². The third-order valence-corrected chi connectivity index (χ3v) is 3.99. The van der Waals surface area contributed by atoms with Crippen LogP contribution >= 0.6 is 11.3 Å². The minimum absolute atomic E-state index is 0.0348. The summed E-state index contributed by atoms with van der Waals surface area (Å²) in [5.41, 5.74) is -0.0348. The van der Waals surface area contributed by atoms with Crippen LogP contribution < -0.4 is 5.32 Å². The Balaban J connectivity index is 1.76. The molecule has 98 valence electrons. The second-order valence-corrected chi connectivity index (χ2v) is 6.29. The highest BCUT2D eigenvalue weighted by molar-refractivity contribution is 7.16. The third-order valence-electron chi connectivity index (χ3n) is 3.12. The van der Waals surface area contributed by atoms with Gasteiger partial charge in [-0.3, -0.25) is 0 Å². The summed E-state index contributed by atoms with van der Waals surface area (Å²) >= 11 is 1.54. The quantitative estimate of drug-likeness (QED) is 0.901. The van der Waals surface area contributed by atoms with E-state index in [9.17, 15) is 0 Å². The summed E-state index contributed by atoms with van der Waals surface area (Å²) in [6.07, 6.45) is 0. The molecule has 7 heteroatoms. The Morgan fingerprint density at radius 1 is 1.44 bits per heavy atom. The number of rotatable bonds is 4. The van der Waals surface area contributed by atoms with Gasteiger partial charge in [0.15, 0.2) is 5.82 Å². The second kappa shape index (κ2) is 4.25. The van der Waals surface area contributed by atoms with E-state index in [0.717, 1.165) is 28.9 Å². The summed E-state index contributed by atoms with van der Waals surface area (Å²) in [4.78, 5) is 0.842. The first-order valence-corrected chi connectivity index (χ1v) is 6.95. The van der Waals surface area contributed by atoms with Gasteiger partial charge in [0.1, 0.15) is 11.6 Å². The van der Waals surface area contributed by atoms with Crippen LogP contribution in [0.25, 0.3) is 4.96 Å². The molecule has 2 aromatic heterocycles. The highest BCUT2D eigenvalue weighted by atomic mass is 32.1. The van der Waals surface area contributed by atoms with Gasteiger partial charge in [-0.25, -0.2) is 0 Å². The number of fused-ring (bicyclic) bond motifs is 1. The predicted octanol–water partition coefficient (Wildman–Crippen LogP) is 1.19. The number of ether oxygens (including phenoxy) is 1. The zero-order valence-corrected chi connectivity index (χ0v) is 11.6. The fraction of sp³-hybridized carbons (Fsp3) is 0.727. The standard InChI is InChI=1S/C11H17N5OS/c1-7(2)9-13-14-10-16(9)15-8(18-10)4-17-11(3)5-12-6-11/h7,12H,4-6H2,1-3H3. The predicted molar refractivity (Wildman–Crippen MR) is 68.8 cm³/mol. The molecule has 0 aromatic carbocycles. The highest BCUT2D eigenvalue weighted by Gasteiger charge is 2.32. The topological polar surface area (TPSA) is 64.3 Å². The molecule has 0 aliphatic carbocycles. The lowest BCUT2D eigenvalue weighted by Gasteiger charge is -2.38. The van der Waals surface area contributed by atoms with Crippen LogP contribution in [0.4, 0.5) is 0 Å². The number of aromatic nitrogens is 4. The van der Waals surface area contributed by atoms with E-state index < -0.39 is 0 Å². The number of nitrogens with zero attached hydrogens (tertiary/aromatic N) is 4. The summed E-state index contributed by atoms with van der Waals surface area (Å²) in [5.74, 6) is 1.23. The number of hydrogen-bond donors (Lipinski definition) is 1.